The van der Waals surface area contributed by atoms with Crippen LogP contribution in [0.1, 0.15) is 55.1 Å². The minimum Gasteiger partial charge on any atom is -0.444 e. The van der Waals surface area contributed by atoms with E-state index in [0.29, 0.717) is 5.56 Å². The highest BCUT2D eigenvalue weighted by atomic mass is 16.6. The van der Waals surface area contributed by atoms with E-state index in [-0.39, 0.29) is 12.6 Å². The zero-order valence-corrected chi connectivity index (χ0v) is 20.1. The van der Waals surface area contributed by atoms with Gasteiger partial charge >= 0.3 is 12.1 Å². The third-order valence-corrected chi connectivity index (χ3v) is 5.42. The van der Waals surface area contributed by atoms with Crippen molar-refractivity contribution in [2.24, 2.45) is 0 Å². The van der Waals surface area contributed by atoms with Gasteiger partial charge in [-0.1, -0.05) is 42.5 Å². The van der Waals surface area contributed by atoms with Crippen LogP contribution < -0.4 is 16.0 Å². The molecular weight excluding hydrogens is 432 g/mol. The number of likely N-dealkylation sites (tertiary alicyclic amines) is 1. The number of amides is 4. The maximum Gasteiger partial charge on any atom is 0.407 e. The molecule has 0 aromatic heterocycles. The molecule has 1 heterocycles. The molecule has 8 nitrogen and oxygen atoms in total. The van der Waals surface area contributed by atoms with E-state index in [1.807, 2.05) is 18.2 Å². The van der Waals surface area contributed by atoms with Crippen molar-refractivity contribution in [3.05, 3.63) is 71.3 Å². The fraction of sp³-hybridized carbons (Fsp3) is 0.423. The zero-order chi connectivity index (χ0) is 24.6. The summed E-state index contributed by atoms with van der Waals surface area (Å²) in [6, 6.07) is 16.6. The van der Waals surface area contributed by atoms with E-state index in [1.54, 1.807) is 45.0 Å². The van der Waals surface area contributed by atoms with Crippen molar-refractivity contribution < 1.29 is 19.1 Å². The van der Waals surface area contributed by atoms with Crippen LogP contribution in [0.4, 0.5) is 9.59 Å². The van der Waals surface area contributed by atoms with Crippen molar-refractivity contribution in [1.82, 2.24) is 20.9 Å². The number of benzene rings is 2. The lowest BCUT2D eigenvalue weighted by Gasteiger charge is -2.32. The van der Waals surface area contributed by atoms with Gasteiger partial charge in [0.2, 0.25) is 0 Å². The Bertz CT molecular complexity index is 980. The number of alkyl carbamates (subject to hydrolysis) is 1. The molecule has 3 rings (SSSR count). The Balaban J connectivity index is 1.42. The molecule has 2 aromatic rings. The topological polar surface area (TPSA) is 99.8 Å². The summed E-state index contributed by atoms with van der Waals surface area (Å²) in [5.41, 5.74) is 1.76. The second-order valence-electron chi connectivity index (χ2n) is 9.52. The van der Waals surface area contributed by atoms with Crippen LogP contribution in [-0.4, -0.2) is 47.7 Å². The molecule has 0 saturated carbocycles. The Morgan fingerprint density at radius 2 is 1.65 bits per heavy atom. The highest BCUT2D eigenvalue weighted by Crippen LogP contribution is 2.14. The Morgan fingerprint density at radius 1 is 0.971 bits per heavy atom. The maximum absolute atomic E-state index is 12.5. The molecule has 3 N–H and O–H groups in total. The molecule has 0 radical (unpaired) electrons. The number of carbonyl (C=O) groups is 3. The molecule has 4 amide bonds. The SMILES string of the molecule is CC(C)(C)OC(=O)NCc1cccc(C(=O)NC(=O)NC2CCN(Cc3ccccc3)CC2)c1. The van der Waals surface area contributed by atoms with Gasteiger partial charge in [0.1, 0.15) is 5.60 Å². The summed E-state index contributed by atoms with van der Waals surface area (Å²) in [5, 5.41) is 7.97. The fourth-order valence-corrected chi connectivity index (χ4v) is 3.78. The lowest BCUT2D eigenvalue weighted by atomic mass is 10.0. The number of ether oxygens (including phenoxy) is 1. The third kappa shape index (κ3) is 8.51. The number of carbonyl (C=O) groups excluding carboxylic acids is 3. The average Bonchev–Trinajstić information content (AvgIpc) is 2.79. The molecular formula is C26H34N4O4. The predicted molar refractivity (Wildman–Crippen MR) is 130 cm³/mol. The average molecular weight is 467 g/mol. The molecule has 8 heteroatoms. The minimum absolute atomic E-state index is 0.0317. The molecule has 1 aliphatic rings. The molecule has 0 aliphatic carbocycles. The van der Waals surface area contributed by atoms with Crippen LogP contribution in [0.5, 0.6) is 0 Å². The quantitative estimate of drug-likeness (QED) is 0.601. The summed E-state index contributed by atoms with van der Waals surface area (Å²) >= 11 is 0. The summed E-state index contributed by atoms with van der Waals surface area (Å²) < 4.78 is 5.21. The molecule has 0 atom stereocenters. The second kappa shape index (κ2) is 11.7. The molecule has 182 valence electrons. The zero-order valence-electron chi connectivity index (χ0n) is 20.1. The standard InChI is InChI=1S/C26H34N4O4/c1-26(2,3)34-25(33)27-17-20-10-7-11-21(16-20)23(31)29-24(32)28-22-12-14-30(15-13-22)18-19-8-5-4-6-9-19/h4-11,16,22H,12-15,17-18H2,1-3H3,(H,27,33)(H2,28,29,31,32). The molecule has 1 aliphatic heterocycles. The summed E-state index contributed by atoms with van der Waals surface area (Å²) in [5.74, 6) is -0.488. The van der Waals surface area contributed by atoms with Gasteiger partial charge in [0, 0.05) is 37.8 Å². The molecule has 2 aromatic carbocycles. The maximum atomic E-state index is 12.5. The number of hydrogen-bond acceptors (Lipinski definition) is 5. The van der Waals surface area contributed by atoms with Crippen molar-refractivity contribution in [3.8, 4) is 0 Å². The van der Waals surface area contributed by atoms with E-state index in [1.165, 1.54) is 5.56 Å². The van der Waals surface area contributed by atoms with Crippen molar-refractivity contribution in [3.63, 3.8) is 0 Å². The smallest absolute Gasteiger partial charge is 0.407 e. The van der Waals surface area contributed by atoms with Gasteiger partial charge in [-0.15, -0.1) is 0 Å². The van der Waals surface area contributed by atoms with E-state index in [2.05, 4.69) is 33.0 Å². The number of urea groups is 1. The largest absolute Gasteiger partial charge is 0.444 e. The van der Waals surface area contributed by atoms with Crippen LogP contribution in [0.15, 0.2) is 54.6 Å². The van der Waals surface area contributed by atoms with Crippen molar-refractivity contribution in [1.29, 1.82) is 0 Å². The Hall–Kier alpha value is -3.39. The lowest BCUT2D eigenvalue weighted by Crippen LogP contribution is -2.49. The Kier molecular flexibility index (Phi) is 8.65. The molecule has 1 saturated heterocycles. The van der Waals surface area contributed by atoms with Crippen LogP contribution in [0.25, 0.3) is 0 Å². The van der Waals surface area contributed by atoms with Gasteiger partial charge in [0.15, 0.2) is 0 Å². The van der Waals surface area contributed by atoms with Crippen LogP contribution in [0, 0.1) is 0 Å². The number of nitrogens with zero attached hydrogens (tertiary/aromatic N) is 1. The van der Waals surface area contributed by atoms with E-state index in [0.717, 1.165) is 38.0 Å². The first kappa shape index (κ1) is 25.2. The van der Waals surface area contributed by atoms with Crippen molar-refractivity contribution in [2.75, 3.05) is 13.1 Å². The van der Waals surface area contributed by atoms with Gasteiger partial charge in [0.25, 0.3) is 5.91 Å². The minimum atomic E-state index is -0.586. The summed E-state index contributed by atoms with van der Waals surface area (Å²) in [7, 11) is 0. The van der Waals surface area contributed by atoms with Gasteiger partial charge in [-0.25, -0.2) is 9.59 Å². The van der Waals surface area contributed by atoms with Crippen LogP contribution in [0.3, 0.4) is 0 Å². The molecule has 34 heavy (non-hydrogen) atoms. The summed E-state index contributed by atoms with van der Waals surface area (Å²) in [6.07, 6.45) is 1.14. The first-order valence-electron chi connectivity index (χ1n) is 11.6. The van der Waals surface area contributed by atoms with Gasteiger partial charge in [-0.2, -0.15) is 0 Å². The number of rotatable bonds is 6. The Morgan fingerprint density at radius 3 is 2.32 bits per heavy atom. The molecule has 0 bridgehead atoms. The van der Waals surface area contributed by atoms with Crippen LogP contribution in [-0.2, 0) is 17.8 Å². The van der Waals surface area contributed by atoms with Crippen LogP contribution >= 0.6 is 0 Å². The molecule has 1 fully saturated rings. The van der Waals surface area contributed by atoms with Gasteiger partial charge in [0.05, 0.1) is 0 Å². The highest BCUT2D eigenvalue weighted by Gasteiger charge is 2.22. The Labute approximate surface area is 201 Å². The number of imide groups is 1. The highest BCUT2D eigenvalue weighted by molar-refractivity contribution is 6.04. The predicted octanol–water partition coefficient (Wildman–Crippen LogP) is 3.82. The van der Waals surface area contributed by atoms with E-state index >= 15 is 0 Å². The molecule has 0 unspecified atom stereocenters. The lowest BCUT2D eigenvalue weighted by molar-refractivity contribution is 0.0523. The summed E-state index contributed by atoms with van der Waals surface area (Å²) in [4.78, 5) is 39.1. The monoisotopic (exact) mass is 466 g/mol. The number of piperidine rings is 1. The third-order valence-electron chi connectivity index (χ3n) is 5.42. The normalized spacial score (nSPS) is 14.8. The number of nitrogens with one attached hydrogen (secondary N) is 3. The summed E-state index contributed by atoms with van der Waals surface area (Å²) in [6.45, 7) is 8.26. The van der Waals surface area contributed by atoms with E-state index in [4.69, 9.17) is 4.74 Å². The van der Waals surface area contributed by atoms with Gasteiger partial charge < -0.3 is 15.4 Å². The van der Waals surface area contributed by atoms with Gasteiger partial charge in [-0.05, 0) is 56.9 Å². The number of hydrogen-bond donors (Lipinski definition) is 3. The van der Waals surface area contributed by atoms with E-state index < -0.39 is 23.6 Å². The fourth-order valence-electron chi connectivity index (χ4n) is 3.78. The second-order valence-corrected chi connectivity index (χ2v) is 9.52. The van der Waals surface area contributed by atoms with Crippen molar-refractivity contribution in [2.45, 2.75) is 58.3 Å². The first-order chi connectivity index (χ1) is 16.2. The van der Waals surface area contributed by atoms with Gasteiger partial charge in [-0.3, -0.25) is 15.0 Å². The first-order valence-corrected chi connectivity index (χ1v) is 11.6. The molecule has 0 spiro atoms. The van der Waals surface area contributed by atoms with Crippen molar-refractivity contribution >= 4 is 18.0 Å². The van der Waals surface area contributed by atoms with Crippen LogP contribution in [0.2, 0.25) is 0 Å². The van der Waals surface area contributed by atoms with E-state index in [9.17, 15) is 14.4 Å².